The molecule has 6 heteroatoms. The zero-order valence-corrected chi connectivity index (χ0v) is 18.0. The van der Waals surface area contributed by atoms with E-state index < -0.39 is 57.1 Å². The van der Waals surface area contributed by atoms with Gasteiger partial charge in [-0.1, -0.05) is 53.4 Å². The molecule has 0 bridgehead atoms. The van der Waals surface area contributed by atoms with E-state index >= 15 is 4.39 Å². The van der Waals surface area contributed by atoms with E-state index in [2.05, 4.69) is 0 Å². The Morgan fingerprint density at radius 1 is 0.714 bits per heavy atom. The molecule has 168 valence electrons. The fourth-order valence-corrected chi connectivity index (χ4v) is 2.72. The third kappa shape index (κ3) is 9.49. The summed E-state index contributed by atoms with van der Waals surface area (Å²) in [4.78, 5) is 0. The molecule has 0 radical (unpaired) electrons. The van der Waals surface area contributed by atoms with Crippen LogP contribution < -0.4 is 0 Å². The first-order valence-corrected chi connectivity index (χ1v) is 10.8. The molecule has 1 saturated heterocycles. The van der Waals surface area contributed by atoms with Gasteiger partial charge in [0.1, 0.15) is 24.4 Å². The maximum Gasteiger partial charge on any atom is 0.228 e. The largest absolute Gasteiger partial charge is 0.379 e. The molecule has 28 heavy (non-hydrogen) atoms. The van der Waals surface area contributed by atoms with Crippen molar-refractivity contribution in [2.24, 2.45) is 0 Å². The number of hydrogen-bond acceptors (Lipinski definition) is 5. The second-order valence-electron chi connectivity index (χ2n) is 6.98. The highest BCUT2D eigenvalue weighted by molar-refractivity contribution is 4.92. The molecule has 1 fully saturated rings. The van der Waals surface area contributed by atoms with Crippen molar-refractivity contribution < 1.29 is 33.6 Å². The van der Waals surface area contributed by atoms with E-state index in [9.17, 15) is 0 Å². The topological polar surface area (TPSA) is 46.2 Å². The van der Waals surface area contributed by atoms with Crippen molar-refractivity contribution in [3.63, 3.8) is 0 Å². The maximum atomic E-state index is 15.1. The van der Waals surface area contributed by atoms with Crippen molar-refractivity contribution in [1.82, 2.24) is 0 Å². The number of rotatable bonds is 17. The van der Waals surface area contributed by atoms with Crippen LogP contribution in [0.25, 0.3) is 0 Å². The first-order chi connectivity index (χ1) is 15.3. The number of hydrogen-bond donors (Lipinski definition) is 0. The van der Waals surface area contributed by atoms with Gasteiger partial charge in [0, 0.05) is 26.3 Å². The molecule has 0 aromatic rings. The van der Waals surface area contributed by atoms with E-state index in [4.69, 9.17) is 29.2 Å². The summed E-state index contributed by atoms with van der Waals surface area (Å²) in [6.07, 6.45) is -1.27. The average Bonchev–Trinajstić information content (AvgIpc) is 2.72. The molecule has 5 unspecified atom stereocenters. The van der Waals surface area contributed by atoms with Crippen LogP contribution >= 0.6 is 0 Å². The van der Waals surface area contributed by atoms with Gasteiger partial charge in [-0.2, -0.15) is 0 Å². The Morgan fingerprint density at radius 2 is 1.18 bits per heavy atom. The zero-order valence-electron chi connectivity index (χ0n) is 22.0. The third-order valence-corrected chi connectivity index (χ3v) is 4.34. The van der Waals surface area contributed by atoms with Gasteiger partial charge < -0.3 is 23.7 Å². The lowest BCUT2D eigenvalue weighted by atomic mass is 9.98. The SMILES string of the molecule is [2H]C(CCC)OC[C@H]1OC(F)[C@H](OC([2H])CCC)[C@@H](OC([2H])CCC)[C@@H]1OC([2H])CCC. The summed E-state index contributed by atoms with van der Waals surface area (Å²) >= 11 is 0. The van der Waals surface area contributed by atoms with E-state index in [1.165, 1.54) is 0 Å². The van der Waals surface area contributed by atoms with Crippen LogP contribution in [0.15, 0.2) is 0 Å². The van der Waals surface area contributed by atoms with Gasteiger partial charge in [0.05, 0.1) is 12.1 Å². The highest BCUT2D eigenvalue weighted by atomic mass is 19.1. The molecule has 0 saturated carbocycles. The van der Waals surface area contributed by atoms with Crippen molar-refractivity contribution in [2.75, 3.05) is 32.9 Å². The minimum atomic E-state index is -1.90. The van der Waals surface area contributed by atoms with E-state index in [1.54, 1.807) is 0 Å². The summed E-state index contributed by atoms with van der Waals surface area (Å²) in [5, 5.41) is 0. The van der Waals surface area contributed by atoms with Crippen LogP contribution in [0, 0.1) is 0 Å². The smallest absolute Gasteiger partial charge is 0.228 e. The van der Waals surface area contributed by atoms with Gasteiger partial charge in [0.15, 0.2) is 0 Å². The molecule has 0 amide bonds. The minimum absolute atomic E-state index is 0.0968. The van der Waals surface area contributed by atoms with Gasteiger partial charge in [-0.3, -0.25) is 0 Å². The van der Waals surface area contributed by atoms with E-state index in [0.717, 1.165) is 12.8 Å². The van der Waals surface area contributed by atoms with Crippen LogP contribution in [0.3, 0.4) is 0 Å². The first-order valence-electron chi connectivity index (χ1n) is 13.1. The first kappa shape index (κ1) is 19.7. The van der Waals surface area contributed by atoms with Crippen LogP contribution in [0.4, 0.5) is 4.39 Å². The van der Waals surface area contributed by atoms with Crippen LogP contribution in [0.5, 0.6) is 0 Å². The van der Waals surface area contributed by atoms with Crippen LogP contribution in [-0.4, -0.2) is 63.7 Å². The fraction of sp³-hybridized carbons (Fsp3) is 1.00. The van der Waals surface area contributed by atoms with Crippen molar-refractivity contribution in [2.45, 2.75) is 110 Å². The van der Waals surface area contributed by atoms with Gasteiger partial charge in [0.25, 0.3) is 0 Å². The summed E-state index contributed by atoms with van der Waals surface area (Å²) in [5.41, 5.74) is 0. The number of halogens is 1. The molecular formula is C22H43FO5. The van der Waals surface area contributed by atoms with Gasteiger partial charge in [-0.25, -0.2) is 4.39 Å². The fourth-order valence-electron chi connectivity index (χ4n) is 2.72. The molecule has 0 N–H and O–H groups in total. The standard InChI is InChI=1S/C22H43FO5/c1-5-9-13-24-17-18-19(25-14-10-6-2)20(26-15-11-7-3)21(22(23)28-18)27-16-12-8-4/h18-22H,5-17H2,1-4H3/t18-,19-,20+,21-,22?/m1/s1/i13D,14D,15D,16D/t13?,14?,15?,16?,18-,19-,20+,21-,22?. The summed E-state index contributed by atoms with van der Waals surface area (Å²) in [5.74, 6) is 0. The minimum Gasteiger partial charge on any atom is -0.379 e. The van der Waals surface area contributed by atoms with Crippen LogP contribution in [0.2, 0.25) is 0 Å². The molecule has 0 spiro atoms. The Morgan fingerprint density at radius 3 is 1.71 bits per heavy atom. The second kappa shape index (κ2) is 16.5. The molecule has 0 aliphatic carbocycles. The quantitative estimate of drug-likeness (QED) is 0.336. The lowest BCUT2D eigenvalue weighted by Gasteiger charge is -2.43. The highest BCUT2D eigenvalue weighted by Crippen LogP contribution is 2.30. The summed E-state index contributed by atoms with van der Waals surface area (Å²) < 4.78 is 76.2. The van der Waals surface area contributed by atoms with Crippen LogP contribution in [-0.2, 0) is 23.7 Å². The Labute approximate surface area is 177 Å². The Hall–Kier alpha value is -0.270. The predicted molar refractivity (Wildman–Crippen MR) is 109 cm³/mol. The Bertz CT molecular complexity index is 482. The van der Waals surface area contributed by atoms with Gasteiger partial charge in [-0.15, -0.1) is 0 Å². The maximum absolute atomic E-state index is 15.1. The molecule has 1 aliphatic rings. The molecule has 9 atom stereocenters. The normalized spacial score (nSPS) is 34.5. The lowest BCUT2D eigenvalue weighted by molar-refractivity contribution is -0.293. The van der Waals surface area contributed by atoms with Gasteiger partial charge in [-0.05, 0) is 25.7 Å². The van der Waals surface area contributed by atoms with Crippen molar-refractivity contribution in [3.05, 3.63) is 0 Å². The van der Waals surface area contributed by atoms with E-state index in [-0.39, 0.29) is 6.61 Å². The van der Waals surface area contributed by atoms with E-state index in [1.807, 2.05) is 27.7 Å². The molecule has 0 aromatic carbocycles. The molecule has 0 aromatic heterocycles. The molecule has 1 aliphatic heterocycles. The van der Waals surface area contributed by atoms with Gasteiger partial charge in [0.2, 0.25) is 6.36 Å². The number of ether oxygens (including phenoxy) is 5. The number of alkyl halides is 1. The van der Waals surface area contributed by atoms with Crippen molar-refractivity contribution in [1.29, 1.82) is 0 Å². The third-order valence-electron chi connectivity index (χ3n) is 4.34. The van der Waals surface area contributed by atoms with Crippen molar-refractivity contribution >= 4 is 0 Å². The monoisotopic (exact) mass is 410 g/mol. The van der Waals surface area contributed by atoms with Crippen molar-refractivity contribution in [3.8, 4) is 0 Å². The van der Waals surface area contributed by atoms with E-state index in [0.29, 0.717) is 38.5 Å². The molecule has 1 rings (SSSR count). The van der Waals surface area contributed by atoms with Crippen LogP contribution in [0.1, 0.15) is 84.5 Å². The Balaban J connectivity index is 3.14. The molecular weight excluding hydrogens is 363 g/mol. The Kier molecular flexibility index (Phi) is 11.6. The average molecular weight is 411 g/mol. The summed E-state index contributed by atoms with van der Waals surface area (Å²) in [6, 6.07) is 0. The zero-order chi connectivity index (χ0) is 24.1. The highest BCUT2D eigenvalue weighted by Gasteiger charge is 2.48. The summed E-state index contributed by atoms with van der Waals surface area (Å²) in [6.45, 7) is 4.07. The lowest BCUT2D eigenvalue weighted by Crippen LogP contribution is -2.60. The summed E-state index contributed by atoms with van der Waals surface area (Å²) in [7, 11) is 0. The van der Waals surface area contributed by atoms with Gasteiger partial charge >= 0.3 is 0 Å². The molecule has 5 nitrogen and oxygen atoms in total. The second-order valence-corrected chi connectivity index (χ2v) is 6.98. The predicted octanol–water partition coefficient (Wildman–Crippen LogP) is 5.05. The molecule has 1 heterocycles.